The smallest absolute Gasteiger partial charge is 0.246 e. The van der Waals surface area contributed by atoms with Crippen molar-refractivity contribution in [2.24, 2.45) is 0 Å². The van der Waals surface area contributed by atoms with Gasteiger partial charge in [-0.2, -0.15) is 4.31 Å². The van der Waals surface area contributed by atoms with Crippen molar-refractivity contribution >= 4 is 10.0 Å². The molecule has 0 spiro atoms. The lowest BCUT2D eigenvalue weighted by molar-refractivity contribution is -0.0777. The molecular weight excluding hydrogens is 286 g/mol. The summed E-state index contributed by atoms with van der Waals surface area (Å²) in [5.41, 5.74) is 0.384. The molecule has 0 bridgehead atoms. The monoisotopic (exact) mass is 303 g/mol. The summed E-state index contributed by atoms with van der Waals surface area (Å²) in [6.45, 7) is 2.27. The molecule has 1 heterocycles. The van der Waals surface area contributed by atoms with E-state index >= 15 is 0 Å². The Bertz CT molecular complexity index is 758. The van der Waals surface area contributed by atoms with E-state index in [1.807, 2.05) is 49.4 Å². The van der Waals surface area contributed by atoms with Gasteiger partial charge in [-0.25, -0.2) is 8.42 Å². The van der Waals surface area contributed by atoms with Crippen LogP contribution in [0.25, 0.3) is 0 Å². The zero-order valence-electron chi connectivity index (χ0n) is 12.0. The molecule has 4 nitrogen and oxygen atoms in total. The molecule has 0 fully saturated rings. The van der Waals surface area contributed by atoms with Crippen molar-refractivity contribution in [1.29, 1.82) is 0 Å². The SMILES string of the molecule is CCOC1(c2ccccc2)c2ccccc2S(=O)(=O)N1C. The van der Waals surface area contributed by atoms with E-state index in [4.69, 9.17) is 4.74 Å². The van der Waals surface area contributed by atoms with E-state index in [0.29, 0.717) is 17.1 Å². The predicted molar refractivity (Wildman–Crippen MR) is 80.2 cm³/mol. The molecule has 0 amide bonds. The zero-order valence-corrected chi connectivity index (χ0v) is 12.8. The molecule has 3 rings (SSSR count). The van der Waals surface area contributed by atoms with Gasteiger partial charge in [-0.3, -0.25) is 0 Å². The molecule has 0 aromatic heterocycles. The standard InChI is InChI=1S/C16H17NO3S/c1-3-20-16(13-9-5-4-6-10-13)14-11-7-8-12-15(14)21(18,19)17(16)2/h4-12H,3H2,1-2H3. The highest BCUT2D eigenvalue weighted by Gasteiger charge is 2.54. The number of benzene rings is 2. The molecule has 1 aliphatic rings. The van der Waals surface area contributed by atoms with Gasteiger partial charge in [0.05, 0.1) is 4.90 Å². The summed E-state index contributed by atoms with van der Waals surface area (Å²) in [6.07, 6.45) is 0. The van der Waals surface area contributed by atoms with Gasteiger partial charge in [0.1, 0.15) is 0 Å². The molecule has 0 saturated heterocycles. The minimum Gasteiger partial charge on any atom is -0.351 e. The average Bonchev–Trinajstić information content (AvgIpc) is 2.68. The van der Waals surface area contributed by atoms with Gasteiger partial charge in [0.25, 0.3) is 0 Å². The summed E-state index contributed by atoms with van der Waals surface area (Å²) in [7, 11) is -1.99. The van der Waals surface area contributed by atoms with Crippen molar-refractivity contribution in [3.63, 3.8) is 0 Å². The largest absolute Gasteiger partial charge is 0.351 e. The summed E-state index contributed by atoms with van der Waals surface area (Å²) >= 11 is 0. The second-order valence-electron chi connectivity index (χ2n) is 4.91. The minimum atomic E-state index is -3.55. The van der Waals surface area contributed by atoms with Crippen molar-refractivity contribution in [2.75, 3.05) is 13.7 Å². The molecule has 0 saturated carbocycles. The van der Waals surface area contributed by atoms with Crippen molar-refractivity contribution in [3.8, 4) is 0 Å². The maximum absolute atomic E-state index is 12.7. The predicted octanol–water partition coefficient (Wildman–Crippen LogP) is 2.56. The topological polar surface area (TPSA) is 46.6 Å². The molecule has 1 unspecified atom stereocenters. The lowest BCUT2D eigenvalue weighted by atomic mass is 9.94. The summed E-state index contributed by atoms with van der Waals surface area (Å²) in [5.74, 6) is 0. The van der Waals surface area contributed by atoms with Gasteiger partial charge < -0.3 is 4.74 Å². The van der Waals surface area contributed by atoms with Crippen molar-refractivity contribution < 1.29 is 13.2 Å². The summed E-state index contributed by atoms with van der Waals surface area (Å²) < 4.78 is 32.7. The van der Waals surface area contributed by atoms with Gasteiger partial charge in [-0.1, -0.05) is 48.5 Å². The van der Waals surface area contributed by atoms with Crippen LogP contribution < -0.4 is 0 Å². The van der Waals surface area contributed by atoms with Crippen molar-refractivity contribution in [1.82, 2.24) is 4.31 Å². The Morgan fingerprint density at radius 2 is 1.67 bits per heavy atom. The summed E-state index contributed by atoms with van der Waals surface area (Å²) in [6, 6.07) is 16.5. The van der Waals surface area contributed by atoms with Gasteiger partial charge in [0.15, 0.2) is 5.72 Å². The fourth-order valence-electron chi connectivity index (χ4n) is 2.92. The van der Waals surface area contributed by atoms with Crippen LogP contribution in [0.2, 0.25) is 0 Å². The van der Waals surface area contributed by atoms with Crippen LogP contribution in [0.4, 0.5) is 0 Å². The molecule has 0 N–H and O–H groups in total. The van der Waals surface area contributed by atoms with Gasteiger partial charge in [0.2, 0.25) is 10.0 Å². The van der Waals surface area contributed by atoms with E-state index < -0.39 is 15.7 Å². The van der Waals surface area contributed by atoms with Crippen LogP contribution in [0.1, 0.15) is 18.1 Å². The lowest BCUT2D eigenvalue weighted by Crippen LogP contribution is -2.44. The second-order valence-corrected chi connectivity index (χ2v) is 6.85. The number of fused-ring (bicyclic) bond motifs is 1. The van der Waals surface area contributed by atoms with E-state index in [-0.39, 0.29) is 0 Å². The number of hydrogen-bond acceptors (Lipinski definition) is 3. The third-order valence-electron chi connectivity index (χ3n) is 3.85. The van der Waals surface area contributed by atoms with Crippen LogP contribution in [0.15, 0.2) is 59.5 Å². The maximum atomic E-state index is 12.7. The fraction of sp³-hybridized carbons (Fsp3) is 0.250. The van der Waals surface area contributed by atoms with Crippen LogP contribution in [-0.4, -0.2) is 26.4 Å². The van der Waals surface area contributed by atoms with Crippen molar-refractivity contribution in [2.45, 2.75) is 17.5 Å². The van der Waals surface area contributed by atoms with E-state index in [1.165, 1.54) is 4.31 Å². The first-order valence-electron chi connectivity index (χ1n) is 6.83. The zero-order chi connectivity index (χ0) is 15.1. The molecule has 110 valence electrons. The van der Waals surface area contributed by atoms with Crippen LogP contribution in [0.5, 0.6) is 0 Å². The van der Waals surface area contributed by atoms with Gasteiger partial charge >= 0.3 is 0 Å². The van der Waals surface area contributed by atoms with E-state index in [2.05, 4.69) is 0 Å². The Morgan fingerprint density at radius 1 is 1.05 bits per heavy atom. The van der Waals surface area contributed by atoms with Crippen LogP contribution in [-0.2, 0) is 20.5 Å². The summed E-state index contributed by atoms with van der Waals surface area (Å²) in [4.78, 5) is 0.310. The Balaban J connectivity index is 2.36. The number of sulfonamides is 1. The maximum Gasteiger partial charge on any atom is 0.246 e. The number of rotatable bonds is 3. The Hall–Kier alpha value is -1.69. The van der Waals surface area contributed by atoms with Gasteiger partial charge in [-0.05, 0) is 13.0 Å². The van der Waals surface area contributed by atoms with E-state index in [9.17, 15) is 8.42 Å². The van der Waals surface area contributed by atoms with E-state index in [0.717, 1.165) is 5.56 Å². The Labute approximate surface area is 125 Å². The quantitative estimate of drug-likeness (QED) is 0.875. The molecule has 1 atom stereocenters. The Kier molecular flexibility index (Phi) is 3.36. The first-order chi connectivity index (χ1) is 10.0. The third-order valence-corrected chi connectivity index (χ3v) is 5.74. The molecule has 21 heavy (non-hydrogen) atoms. The molecule has 2 aromatic rings. The number of hydrogen-bond donors (Lipinski definition) is 0. The summed E-state index contributed by atoms with van der Waals surface area (Å²) in [5, 5.41) is 0. The first-order valence-corrected chi connectivity index (χ1v) is 8.27. The van der Waals surface area contributed by atoms with E-state index in [1.54, 1.807) is 19.2 Å². The molecular formula is C16H17NO3S. The Morgan fingerprint density at radius 3 is 2.33 bits per heavy atom. The first kappa shape index (κ1) is 14.3. The average molecular weight is 303 g/mol. The number of nitrogens with zero attached hydrogens (tertiary/aromatic N) is 1. The third kappa shape index (κ3) is 1.85. The van der Waals surface area contributed by atoms with Gasteiger partial charge in [0, 0.05) is 24.8 Å². The second kappa shape index (κ2) is 4.94. The minimum absolute atomic E-state index is 0.310. The molecule has 5 heteroatoms. The highest BCUT2D eigenvalue weighted by Crippen LogP contribution is 2.47. The highest BCUT2D eigenvalue weighted by molar-refractivity contribution is 7.89. The normalized spacial score (nSPS) is 23.9. The van der Waals surface area contributed by atoms with Gasteiger partial charge in [-0.15, -0.1) is 0 Å². The van der Waals surface area contributed by atoms with Crippen LogP contribution in [0, 0.1) is 0 Å². The lowest BCUT2D eigenvalue weighted by Gasteiger charge is -2.35. The molecule has 0 radical (unpaired) electrons. The van der Waals surface area contributed by atoms with Crippen LogP contribution >= 0.6 is 0 Å². The molecule has 1 aliphatic heterocycles. The van der Waals surface area contributed by atoms with Crippen molar-refractivity contribution in [3.05, 3.63) is 65.7 Å². The fourth-order valence-corrected chi connectivity index (χ4v) is 4.54. The highest BCUT2D eigenvalue weighted by atomic mass is 32.2. The number of ether oxygens (including phenoxy) is 1. The molecule has 2 aromatic carbocycles. The van der Waals surface area contributed by atoms with Crippen LogP contribution in [0.3, 0.4) is 0 Å². The molecule has 0 aliphatic carbocycles.